The maximum atomic E-state index is 11.5. The largest absolute Gasteiger partial charge is 0.327 e. The second-order valence-corrected chi connectivity index (χ2v) is 4.30. The first-order valence-corrected chi connectivity index (χ1v) is 5.50. The fourth-order valence-corrected chi connectivity index (χ4v) is 2.35. The summed E-state index contributed by atoms with van der Waals surface area (Å²) in [5.41, 5.74) is 7.65. The smallest absolute Gasteiger partial charge is 0.253 e. The van der Waals surface area contributed by atoms with Crippen LogP contribution in [0.25, 0.3) is 0 Å². The molecular weight excluding hydrogens is 190 g/mol. The van der Waals surface area contributed by atoms with Gasteiger partial charge in [0.05, 0.1) is 12.0 Å². The molecule has 1 aliphatic rings. The van der Waals surface area contributed by atoms with Gasteiger partial charge in [-0.2, -0.15) is 0 Å². The van der Waals surface area contributed by atoms with Crippen molar-refractivity contribution in [2.45, 2.75) is 44.6 Å². The second-order valence-electron chi connectivity index (χ2n) is 4.30. The van der Waals surface area contributed by atoms with E-state index in [0.29, 0.717) is 0 Å². The molecule has 0 radical (unpaired) electrons. The Kier molecular flexibility index (Phi) is 2.86. The lowest BCUT2D eigenvalue weighted by atomic mass is 9.82. The molecular formula is C11H17N3O. The fraction of sp³-hybridized carbons (Fsp3) is 0.636. The highest BCUT2D eigenvalue weighted by Crippen LogP contribution is 2.31. The van der Waals surface area contributed by atoms with Gasteiger partial charge in [0, 0.05) is 17.5 Å². The normalized spacial score (nSPS) is 26.5. The number of hydrogen-bond donors (Lipinski definition) is 2. The Hall–Kier alpha value is -1.16. The Morgan fingerprint density at radius 2 is 2.20 bits per heavy atom. The summed E-state index contributed by atoms with van der Waals surface area (Å²) in [7, 11) is 0. The van der Waals surface area contributed by atoms with Crippen LogP contribution in [0, 0.1) is 6.92 Å². The van der Waals surface area contributed by atoms with Gasteiger partial charge in [-0.3, -0.25) is 4.79 Å². The van der Waals surface area contributed by atoms with Crippen LogP contribution in [0.15, 0.2) is 11.1 Å². The maximum Gasteiger partial charge on any atom is 0.253 e. The van der Waals surface area contributed by atoms with Crippen molar-refractivity contribution in [3.05, 3.63) is 27.9 Å². The van der Waals surface area contributed by atoms with Crippen molar-refractivity contribution in [2.24, 2.45) is 5.73 Å². The molecule has 1 aliphatic carbocycles. The molecule has 3 N–H and O–H groups in total. The highest BCUT2D eigenvalue weighted by molar-refractivity contribution is 5.20. The van der Waals surface area contributed by atoms with Crippen molar-refractivity contribution in [2.75, 3.05) is 0 Å². The lowest BCUT2D eigenvalue weighted by Crippen LogP contribution is -2.33. The molecule has 2 unspecified atom stereocenters. The third-order valence-corrected chi connectivity index (χ3v) is 3.29. The zero-order valence-corrected chi connectivity index (χ0v) is 8.99. The first kappa shape index (κ1) is 10.4. The van der Waals surface area contributed by atoms with Gasteiger partial charge < -0.3 is 10.7 Å². The number of nitrogens with one attached hydrogen (secondary N) is 1. The molecule has 82 valence electrons. The van der Waals surface area contributed by atoms with Crippen molar-refractivity contribution in [1.82, 2.24) is 9.97 Å². The van der Waals surface area contributed by atoms with E-state index in [4.69, 9.17) is 5.73 Å². The molecule has 2 rings (SSSR count). The van der Waals surface area contributed by atoms with E-state index >= 15 is 0 Å². The monoisotopic (exact) mass is 207 g/mol. The molecule has 0 amide bonds. The Morgan fingerprint density at radius 3 is 2.93 bits per heavy atom. The quantitative estimate of drug-likeness (QED) is 0.723. The Labute approximate surface area is 88.9 Å². The molecule has 0 aromatic carbocycles. The molecule has 2 atom stereocenters. The third kappa shape index (κ3) is 1.95. The van der Waals surface area contributed by atoms with E-state index in [0.717, 1.165) is 24.1 Å². The summed E-state index contributed by atoms with van der Waals surface area (Å²) in [6, 6.07) is 0.159. The van der Waals surface area contributed by atoms with Gasteiger partial charge in [0.1, 0.15) is 0 Å². The molecule has 0 spiro atoms. The second kappa shape index (κ2) is 4.14. The number of aromatic nitrogens is 2. The summed E-state index contributed by atoms with van der Waals surface area (Å²) in [6.07, 6.45) is 5.95. The molecule has 1 heterocycles. The Balaban J connectivity index is 2.35. The van der Waals surface area contributed by atoms with Crippen LogP contribution in [-0.2, 0) is 0 Å². The minimum absolute atomic E-state index is 0.0437. The average molecular weight is 207 g/mol. The van der Waals surface area contributed by atoms with E-state index in [1.165, 1.54) is 19.2 Å². The number of H-pyrrole nitrogens is 1. The van der Waals surface area contributed by atoms with Crippen LogP contribution in [0.4, 0.5) is 0 Å². The van der Waals surface area contributed by atoms with Crippen LogP contribution in [-0.4, -0.2) is 16.0 Å². The van der Waals surface area contributed by atoms with Gasteiger partial charge in [-0.05, 0) is 19.8 Å². The molecule has 1 aromatic rings. The zero-order valence-electron chi connectivity index (χ0n) is 8.99. The number of hydrogen-bond acceptors (Lipinski definition) is 3. The molecule has 4 heteroatoms. The van der Waals surface area contributed by atoms with Crippen molar-refractivity contribution in [3.8, 4) is 0 Å². The summed E-state index contributed by atoms with van der Waals surface area (Å²) >= 11 is 0. The van der Waals surface area contributed by atoms with Gasteiger partial charge in [0.15, 0.2) is 0 Å². The van der Waals surface area contributed by atoms with Crippen molar-refractivity contribution >= 4 is 0 Å². The van der Waals surface area contributed by atoms with E-state index in [-0.39, 0.29) is 17.5 Å². The van der Waals surface area contributed by atoms with E-state index < -0.39 is 0 Å². The van der Waals surface area contributed by atoms with Crippen molar-refractivity contribution < 1.29 is 0 Å². The molecule has 1 saturated carbocycles. The predicted octanol–water partition coefficient (Wildman–Crippen LogP) is 1.06. The first-order chi connectivity index (χ1) is 7.20. The van der Waals surface area contributed by atoms with E-state index in [1.54, 1.807) is 0 Å². The predicted molar refractivity (Wildman–Crippen MR) is 58.8 cm³/mol. The summed E-state index contributed by atoms with van der Waals surface area (Å²) in [4.78, 5) is 18.3. The van der Waals surface area contributed by atoms with Crippen LogP contribution in [0.1, 0.15) is 42.9 Å². The first-order valence-electron chi connectivity index (χ1n) is 5.50. The number of aromatic amines is 1. The van der Waals surface area contributed by atoms with Gasteiger partial charge in [-0.15, -0.1) is 0 Å². The number of nitrogens with zero attached hydrogens (tertiary/aromatic N) is 1. The average Bonchev–Trinajstić information content (AvgIpc) is 2.23. The summed E-state index contributed by atoms with van der Waals surface area (Å²) < 4.78 is 0. The minimum Gasteiger partial charge on any atom is -0.327 e. The van der Waals surface area contributed by atoms with Crippen LogP contribution >= 0.6 is 0 Å². The maximum absolute atomic E-state index is 11.5. The summed E-state index contributed by atoms with van der Waals surface area (Å²) in [5.74, 6) is 0.265. The van der Waals surface area contributed by atoms with Crippen molar-refractivity contribution in [3.63, 3.8) is 0 Å². The number of nitrogens with two attached hydrogens (primary N) is 1. The molecule has 0 aliphatic heterocycles. The minimum atomic E-state index is -0.0437. The topological polar surface area (TPSA) is 71.8 Å². The highest BCUT2D eigenvalue weighted by Gasteiger charge is 2.26. The highest BCUT2D eigenvalue weighted by atomic mass is 16.1. The van der Waals surface area contributed by atoms with E-state index in [9.17, 15) is 4.79 Å². The van der Waals surface area contributed by atoms with Gasteiger partial charge in [-0.1, -0.05) is 12.8 Å². The molecule has 4 nitrogen and oxygen atoms in total. The SMILES string of the molecule is Cc1c(C2CCCCC2N)nc[nH]c1=O. The Bertz CT molecular complexity index is 399. The molecule has 1 aromatic heterocycles. The summed E-state index contributed by atoms with van der Waals surface area (Å²) in [6.45, 7) is 1.82. The van der Waals surface area contributed by atoms with Gasteiger partial charge >= 0.3 is 0 Å². The molecule has 0 saturated heterocycles. The van der Waals surface area contributed by atoms with Crippen LogP contribution in [0.2, 0.25) is 0 Å². The van der Waals surface area contributed by atoms with Crippen molar-refractivity contribution in [1.29, 1.82) is 0 Å². The van der Waals surface area contributed by atoms with Gasteiger partial charge in [0.2, 0.25) is 0 Å². The molecule has 0 bridgehead atoms. The lowest BCUT2D eigenvalue weighted by molar-refractivity contribution is 0.378. The summed E-state index contributed by atoms with van der Waals surface area (Å²) in [5, 5.41) is 0. The number of rotatable bonds is 1. The molecule has 1 fully saturated rings. The third-order valence-electron chi connectivity index (χ3n) is 3.29. The van der Waals surface area contributed by atoms with E-state index in [1.807, 2.05) is 6.92 Å². The van der Waals surface area contributed by atoms with Crippen LogP contribution in [0.3, 0.4) is 0 Å². The van der Waals surface area contributed by atoms with Gasteiger partial charge in [-0.25, -0.2) is 4.98 Å². The fourth-order valence-electron chi connectivity index (χ4n) is 2.35. The zero-order chi connectivity index (χ0) is 10.8. The van der Waals surface area contributed by atoms with Crippen LogP contribution < -0.4 is 11.3 Å². The lowest BCUT2D eigenvalue weighted by Gasteiger charge is -2.28. The molecule has 15 heavy (non-hydrogen) atoms. The van der Waals surface area contributed by atoms with Crippen LogP contribution in [0.5, 0.6) is 0 Å². The Morgan fingerprint density at radius 1 is 1.47 bits per heavy atom. The van der Waals surface area contributed by atoms with E-state index in [2.05, 4.69) is 9.97 Å². The van der Waals surface area contributed by atoms with Gasteiger partial charge in [0.25, 0.3) is 5.56 Å². The standard InChI is InChI=1S/C11H17N3O/c1-7-10(13-6-14-11(7)15)8-4-2-3-5-9(8)12/h6,8-9H,2-5,12H2,1H3,(H,13,14,15).